The Morgan fingerprint density at radius 1 is 0.828 bits per heavy atom. The summed E-state index contributed by atoms with van der Waals surface area (Å²) in [5.74, 6) is -0.696. The van der Waals surface area contributed by atoms with Crippen LogP contribution in [-0.2, 0) is 0 Å². The molecule has 4 aromatic rings. The first kappa shape index (κ1) is 18.3. The first-order chi connectivity index (χ1) is 14.1. The summed E-state index contributed by atoms with van der Waals surface area (Å²) in [5.41, 5.74) is 2.38. The number of rotatable bonds is 4. The molecule has 29 heavy (non-hydrogen) atoms. The first-order valence-electron chi connectivity index (χ1n) is 9.09. The summed E-state index contributed by atoms with van der Waals surface area (Å²) in [7, 11) is 1.67. The monoisotopic (exact) mass is 382 g/mol. The second kappa shape index (κ2) is 7.90. The normalized spacial score (nSPS) is 10.5. The van der Waals surface area contributed by atoms with Gasteiger partial charge < -0.3 is 10.2 Å². The molecule has 0 saturated carbocycles. The molecule has 2 aromatic carbocycles. The Morgan fingerprint density at radius 3 is 2.38 bits per heavy atom. The average Bonchev–Trinajstić information content (AvgIpc) is 2.79. The van der Waals surface area contributed by atoms with Gasteiger partial charge in [-0.1, -0.05) is 42.5 Å². The standard InChI is InChI=1S/C23H18N4O2/c1-27(17-10-3-2-4-11-17)23(29)20-14-6-13-19(25-20)22(28)26-18-12-5-8-16-9-7-15-24-21(16)18/h2-15H,1H3,(H,26,28). The largest absolute Gasteiger partial charge is 0.319 e. The zero-order valence-corrected chi connectivity index (χ0v) is 15.7. The highest BCUT2D eigenvalue weighted by Crippen LogP contribution is 2.21. The van der Waals surface area contributed by atoms with E-state index in [-0.39, 0.29) is 17.3 Å². The van der Waals surface area contributed by atoms with Crippen molar-refractivity contribution in [3.8, 4) is 0 Å². The molecule has 2 heterocycles. The lowest BCUT2D eigenvalue weighted by molar-refractivity contribution is 0.0988. The summed E-state index contributed by atoms with van der Waals surface area (Å²) in [6.45, 7) is 0. The van der Waals surface area contributed by atoms with Crippen LogP contribution in [-0.4, -0.2) is 28.8 Å². The molecule has 2 aromatic heterocycles. The number of amides is 2. The second-order valence-electron chi connectivity index (χ2n) is 6.44. The topological polar surface area (TPSA) is 75.2 Å². The van der Waals surface area contributed by atoms with Gasteiger partial charge >= 0.3 is 0 Å². The van der Waals surface area contributed by atoms with Crippen LogP contribution in [0.3, 0.4) is 0 Å². The van der Waals surface area contributed by atoms with Gasteiger partial charge in [-0.2, -0.15) is 0 Å². The average molecular weight is 382 g/mol. The van der Waals surface area contributed by atoms with E-state index in [2.05, 4.69) is 15.3 Å². The van der Waals surface area contributed by atoms with Gasteiger partial charge in [-0.25, -0.2) is 4.98 Å². The van der Waals surface area contributed by atoms with E-state index in [9.17, 15) is 9.59 Å². The molecule has 6 heteroatoms. The zero-order chi connectivity index (χ0) is 20.2. The Balaban J connectivity index is 1.58. The third-order valence-corrected chi connectivity index (χ3v) is 4.53. The molecular weight excluding hydrogens is 364 g/mol. The van der Waals surface area contributed by atoms with Gasteiger partial charge in [-0.05, 0) is 36.4 Å². The van der Waals surface area contributed by atoms with Crippen LogP contribution in [0.2, 0.25) is 0 Å². The summed E-state index contributed by atoms with van der Waals surface area (Å²) in [6, 6.07) is 23.4. The molecule has 0 saturated heterocycles. The number of pyridine rings is 2. The SMILES string of the molecule is CN(C(=O)c1cccc(C(=O)Nc2cccc3cccnc23)n1)c1ccccc1. The Bertz CT molecular complexity index is 1190. The van der Waals surface area contributed by atoms with Crippen LogP contribution in [0.15, 0.2) is 85.1 Å². The van der Waals surface area contributed by atoms with Crippen molar-refractivity contribution < 1.29 is 9.59 Å². The maximum Gasteiger partial charge on any atom is 0.276 e. The fraction of sp³-hybridized carbons (Fsp3) is 0.0435. The summed E-state index contributed by atoms with van der Waals surface area (Å²) in [6.07, 6.45) is 1.68. The first-order valence-corrected chi connectivity index (χ1v) is 9.09. The molecule has 0 bridgehead atoms. The quantitative estimate of drug-likeness (QED) is 0.575. The Morgan fingerprint density at radius 2 is 1.55 bits per heavy atom. The number of fused-ring (bicyclic) bond motifs is 1. The van der Waals surface area contributed by atoms with E-state index < -0.39 is 5.91 Å². The van der Waals surface area contributed by atoms with Crippen molar-refractivity contribution in [2.24, 2.45) is 0 Å². The molecular formula is C23H18N4O2. The fourth-order valence-electron chi connectivity index (χ4n) is 3.01. The van der Waals surface area contributed by atoms with Crippen molar-refractivity contribution in [2.45, 2.75) is 0 Å². The molecule has 0 atom stereocenters. The molecule has 0 spiro atoms. The number of carbonyl (C=O) groups is 2. The van der Waals surface area contributed by atoms with Gasteiger partial charge in [-0.3, -0.25) is 14.6 Å². The number of para-hydroxylation sites is 2. The Hall–Kier alpha value is -4.06. The summed E-state index contributed by atoms with van der Waals surface area (Å²) >= 11 is 0. The van der Waals surface area contributed by atoms with E-state index in [0.717, 1.165) is 11.1 Å². The maximum atomic E-state index is 12.8. The summed E-state index contributed by atoms with van der Waals surface area (Å²) < 4.78 is 0. The third kappa shape index (κ3) is 3.82. The van der Waals surface area contributed by atoms with E-state index in [1.165, 1.54) is 4.90 Å². The molecule has 1 N–H and O–H groups in total. The van der Waals surface area contributed by atoms with Crippen molar-refractivity contribution in [1.82, 2.24) is 9.97 Å². The van der Waals surface area contributed by atoms with E-state index >= 15 is 0 Å². The minimum atomic E-state index is -0.403. The molecule has 142 valence electrons. The number of nitrogens with zero attached hydrogens (tertiary/aromatic N) is 3. The van der Waals surface area contributed by atoms with Crippen LogP contribution in [0.4, 0.5) is 11.4 Å². The van der Waals surface area contributed by atoms with Gasteiger partial charge in [0.1, 0.15) is 11.4 Å². The van der Waals surface area contributed by atoms with Crippen molar-refractivity contribution in [1.29, 1.82) is 0 Å². The molecule has 0 radical (unpaired) electrons. The lowest BCUT2D eigenvalue weighted by atomic mass is 10.2. The molecule has 0 fully saturated rings. The number of nitrogens with one attached hydrogen (secondary N) is 1. The Kier molecular flexibility index (Phi) is 4.99. The fourth-order valence-corrected chi connectivity index (χ4v) is 3.01. The minimum absolute atomic E-state index is 0.158. The van der Waals surface area contributed by atoms with Crippen LogP contribution in [0.1, 0.15) is 21.0 Å². The van der Waals surface area contributed by atoms with E-state index in [1.807, 2.05) is 54.6 Å². The van der Waals surface area contributed by atoms with Crippen LogP contribution in [0.5, 0.6) is 0 Å². The number of carbonyl (C=O) groups excluding carboxylic acids is 2. The minimum Gasteiger partial charge on any atom is -0.319 e. The van der Waals surface area contributed by atoms with Crippen molar-refractivity contribution in [2.75, 3.05) is 17.3 Å². The smallest absolute Gasteiger partial charge is 0.276 e. The van der Waals surface area contributed by atoms with Gasteiger partial charge in [0, 0.05) is 24.3 Å². The Labute approximate surface area is 167 Å². The number of hydrogen-bond donors (Lipinski definition) is 1. The molecule has 6 nitrogen and oxygen atoms in total. The predicted molar refractivity (Wildman–Crippen MR) is 113 cm³/mol. The number of anilines is 2. The lowest BCUT2D eigenvalue weighted by Crippen LogP contribution is -2.27. The van der Waals surface area contributed by atoms with Crippen LogP contribution in [0.25, 0.3) is 10.9 Å². The molecule has 0 aliphatic heterocycles. The molecule has 0 unspecified atom stereocenters. The van der Waals surface area contributed by atoms with E-state index in [0.29, 0.717) is 11.2 Å². The molecule has 0 aliphatic rings. The van der Waals surface area contributed by atoms with Crippen LogP contribution in [0, 0.1) is 0 Å². The number of aromatic nitrogens is 2. The van der Waals surface area contributed by atoms with Crippen LogP contribution < -0.4 is 10.2 Å². The summed E-state index contributed by atoms with van der Waals surface area (Å²) in [4.78, 5) is 35.6. The highest BCUT2D eigenvalue weighted by Gasteiger charge is 2.17. The highest BCUT2D eigenvalue weighted by atomic mass is 16.2. The van der Waals surface area contributed by atoms with E-state index in [1.54, 1.807) is 37.5 Å². The van der Waals surface area contributed by atoms with Crippen LogP contribution >= 0.6 is 0 Å². The van der Waals surface area contributed by atoms with Gasteiger partial charge in [0.15, 0.2) is 0 Å². The molecule has 2 amide bonds. The highest BCUT2D eigenvalue weighted by molar-refractivity contribution is 6.09. The maximum absolute atomic E-state index is 12.8. The predicted octanol–water partition coefficient (Wildman–Crippen LogP) is 4.16. The van der Waals surface area contributed by atoms with Crippen molar-refractivity contribution >= 4 is 34.1 Å². The second-order valence-corrected chi connectivity index (χ2v) is 6.44. The van der Waals surface area contributed by atoms with Gasteiger partial charge in [-0.15, -0.1) is 0 Å². The number of benzene rings is 2. The van der Waals surface area contributed by atoms with Gasteiger partial charge in [0.2, 0.25) is 0 Å². The van der Waals surface area contributed by atoms with Gasteiger partial charge in [0.25, 0.3) is 11.8 Å². The zero-order valence-electron chi connectivity index (χ0n) is 15.7. The number of hydrogen-bond acceptors (Lipinski definition) is 4. The van der Waals surface area contributed by atoms with Crippen molar-refractivity contribution in [3.63, 3.8) is 0 Å². The lowest BCUT2D eigenvalue weighted by Gasteiger charge is -2.17. The van der Waals surface area contributed by atoms with Gasteiger partial charge in [0.05, 0.1) is 11.2 Å². The molecule has 4 rings (SSSR count). The third-order valence-electron chi connectivity index (χ3n) is 4.53. The summed E-state index contributed by atoms with van der Waals surface area (Å²) in [5, 5.41) is 3.76. The molecule has 0 aliphatic carbocycles. The van der Waals surface area contributed by atoms with E-state index in [4.69, 9.17) is 0 Å². The van der Waals surface area contributed by atoms with Crippen molar-refractivity contribution in [3.05, 3.63) is 96.4 Å².